The molecule has 3 aromatic carbocycles. The molecule has 0 spiro atoms. The molecule has 4 rings (SSSR count). The summed E-state index contributed by atoms with van der Waals surface area (Å²) >= 11 is 1.17. The monoisotopic (exact) mass is 471 g/mol. The van der Waals surface area contributed by atoms with E-state index >= 15 is 0 Å². The number of carbonyl (C=O) groups is 1. The van der Waals surface area contributed by atoms with Crippen LogP contribution in [0, 0.1) is 5.82 Å². The molecule has 1 aliphatic rings. The largest absolute Gasteiger partial charge is 0.416 e. The lowest BCUT2D eigenvalue weighted by Crippen LogP contribution is -2.17. The van der Waals surface area contributed by atoms with E-state index in [1.54, 1.807) is 18.2 Å². The molecular weight excluding hydrogens is 454 g/mol. The number of para-hydroxylation sites is 2. The first-order valence-electron chi connectivity index (χ1n) is 9.88. The standard InChI is InChI=1S/C24H17F4N3OS/c25-17-10-8-15(9-11-17)21-13-23(31-20-7-2-1-6-19(20)30-21)33-14-22(32)29-18-5-3-4-16(12-18)24(26,27)28/h1-12H,13-14H2,(H,29,32). The summed E-state index contributed by atoms with van der Waals surface area (Å²) in [6, 6.07) is 17.7. The van der Waals surface area contributed by atoms with Crippen molar-refractivity contribution in [1.29, 1.82) is 0 Å². The predicted molar refractivity (Wildman–Crippen MR) is 123 cm³/mol. The number of benzene rings is 3. The normalized spacial score (nSPS) is 13.5. The van der Waals surface area contributed by atoms with Gasteiger partial charge in [-0.15, -0.1) is 11.8 Å². The number of fused-ring (bicyclic) bond motifs is 1. The van der Waals surface area contributed by atoms with Gasteiger partial charge in [-0.1, -0.05) is 30.3 Å². The van der Waals surface area contributed by atoms with E-state index in [4.69, 9.17) is 0 Å². The Morgan fingerprint density at radius 1 is 0.939 bits per heavy atom. The number of nitrogens with one attached hydrogen (secondary N) is 1. The van der Waals surface area contributed by atoms with E-state index in [-0.39, 0.29) is 17.3 Å². The van der Waals surface area contributed by atoms with Crippen molar-refractivity contribution in [2.45, 2.75) is 12.6 Å². The molecule has 1 amide bonds. The lowest BCUT2D eigenvalue weighted by atomic mass is 10.1. The Balaban J connectivity index is 1.49. The third kappa shape index (κ3) is 5.87. The Kier molecular flexibility index (Phi) is 6.60. The van der Waals surface area contributed by atoms with Crippen molar-refractivity contribution in [3.63, 3.8) is 0 Å². The summed E-state index contributed by atoms with van der Waals surface area (Å²) in [7, 11) is 0. The Morgan fingerprint density at radius 3 is 2.33 bits per heavy atom. The number of aliphatic imine (C=N–C) groups is 2. The molecule has 0 unspecified atom stereocenters. The van der Waals surface area contributed by atoms with Crippen LogP contribution < -0.4 is 5.32 Å². The van der Waals surface area contributed by atoms with Crippen molar-refractivity contribution >= 4 is 45.5 Å². The molecule has 0 saturated carbocycles. The smallest absolute Gasteiger partial charge is 0.325 e. The molecule has 1 heterocycles. The molecule has 0 aliphatic carbocycles. The fourth-order valence-electron chi connectivity index (χ4n) is 3.17. The van der Waals surface area contributed by atoms with Gasteiger partial charge in [-0.05, 0) is 48.0 Å². The van der Waals surface area contributed by atoms with E-state index in [1.165, 1.54) is 36.0 Å². The molecule has 0 bridgehead atoms. The number of alkyl halides is 3. The molecule has 4 nitrogen and oxygen atoms in total. The maximum Gasteiger partial charge on any atom is 0.416 e. The molecule has 0 radical (unpaired) electrons. The van der Waals surface area contributed by atoms with E-state index in [0.29, 0.717) is 28.6 Å². The maximum absolute atomic E-state index is 13.4. The molecule has 1 N–H and O–H groups in total. The molecule has 0 aromatic heterocycles. The molecule has 33 heavy (non-hydrogen) atoms. The van der Waals surface area contributed by atoms with Crippen LogP contribution in [0.5, 0.6) is 0 Å². The minimum atomic E-state index is -4.49. The fourth-order valence-corrected chi connectivity index (χ4v) is 3.94. The highest BCUT2D eigenvalue weighted by Gasteiger charge is 2.30. The molecule has 1 aliphatic heterocycles. The molecule has 0 atom stereocenters. The van der Waals surface area contributed by atoms with E-state index in [0.717, 1.165) is 17.7 Å². The van der Waals surface area contributed by atoms with E-state index in [9.17, 15) is 22.4 Å². The number of anilines is 1. The van der Waals surface area contributed by atoms with Gasteiger partial charge in [-0.3, -0.25) is 9.79 Å². The second-order valence-corrected chi connectivity index (χ2v) is 8.20. The molecule has 0 saturated heterocycles. The number of carbonyl (C=O) groups excluding carboxylic acids is 1. The third-order valence-electron chi connectivity index (χ3n) is 4.72. The van der Waals surface area contributed by atoms with Crippen LogP contribution >= 0.6 is 11.8 Å². The van der Waals surface area contributed by atoms with Crippen LogP contribution in [0.2, 0.25) is 0 Å². The van der Waals surface area contributed by atoms with Crippen molar-refractivity contribution in [3.05, 3.63) is 89.7 Å². The maximum atomic E-state index is 13.4. The Bertz CT molecular complexity index is 1240. The summed E-state index contributed by atoms with van der Waals surface area (Å²) in [6.07, 6.45) is -4.17. The zero-order valence-corrected chi connectivity index (χ0v) is 17.9. The lowest BCUT2D eigenvalue weighted by molar-refractivity contribution is -0.137. The van der Waals surface area contributed by atoms with Crippen molar-refractivity contribution in [1.82, 2.24) is 0 Å². The van der Waals surface area contributed by atoms with Crippen LogP contribution in [-0.4, -0.2) is 22.4 Å². The Morgan fingerprint density at radius 2 is 1.64 bits per heavy atom. The van der Waals surface area contributed by atoms with Gasteiger partial charge in [0.25, 0.3) is 0 Å². The number of hydrogen-bond acceptors (Lipinski definition) is 4. The summed E-state index contributed by atoms with van der Waals surface area (Å²) < 4.78 is 52.0. The van der Waals surface area contributed by atoms with Crippen molar-refractivity contribution in [2.75, 3.05) is 11.1 Å². The average Bonchev–Trinajstić information content (AvgIpc) is 2.97. The third-order valence-corrected chi connectivity index (χ3v) is 5.70. The SMILES string of the molecule is O=C(CSC1=Nc2ccccc2N=C(c2ccc(F)cc2)C1)Nc1cccc(C(F)(F)F)c1. The topological polar surface area (TPSA) is 53.8 Å². The van der Waals surface area contributed by atoms with E-state index < -0.39 is 17.6 Å². The number of amides is 1. The molecule has 9 heteroatoms. The summed E-state index contributed by atoms with van der Waals surface area (Å²) in [5.74, 6) is -0.865. The quantitative estimate of drug-likeness (QED) is 0.427. The highest BCUT2D eigenvalue weighted by molar-refractivity contribution is 8.14. The van der Waals surface area contributed by atoms with E-state index in [2.05, 4.69) is 15.3 Å². The van der Waals surface area contributed by atoms with Crippen LogP contribution in [-0.2, 0) is 11.0 Å². The summed E-state index contributed by atoms with van der Waals surface area (Å²) in [4.78, 5) is 21.7. The van der Waals surface area contributed by atoms with Crippen LogP contribution in [0.25, 0.3) is 0 Å². The van der Waals surface area contributed by atoms with Gasteiger partial charge in [0, 0.05) is 12.1 Å². The Hall–Kier alpha value is -3.46. The second kappa shape index (κ2) is 9.58. The Labute approximate surface area is 191 Å². The number of rotatable bonds is 4. The molecular formula is C24H17F4N3OS. The van der Waals surface area contributed by atoms with Crippen LogP contribution in [0.3, 0.4) is 0 Å². The molecule has 0 fully saturated rings. The lowest BCUT2D eigenvalue weighted by Gasteiger charge is -2.10. The predicted octanol–water partition coefficient (Wildman–Crippen LogP) is 6.77. The minimum absolute atomic E-state index is 0.0477. The molecule has 168 valence electrons. The zero-order valence-electron chi connectivity index (χ0n) is 17.1. The summed E-state index contributed by atoms with van der Waals surface area (Å²) in [6.45, 7) is 0. The first-order chi connectivity index (χ1) is 15.8. The van der Waals surface area contributed by atoms with Gasteiger partial charge < -0.3 is 5.32 Å². The zero-order chi connectivity index (χ0) is 23.4. The van der Waals surface area contributed by atoms with Gasteiger partial charge in [0.2, 0.25) is 5.91 Å². The number of nitrogens with zero attached hydrogens (tertiary/aromatic N) is 2. The fraction of sp³-hybridized carbons (Fsp3) is 0.125. The summed E-state index contributed by atoms with van der Waals surface area (Å²) in [5, 5.41) is 3.10. The number of thioether (sulfide) groups is 1. The van der Waals surface area contributed by atoms with Gasteiger partial charge in [-0.25, -0.2) is 9.38 Å². The van der Waals surface area contributed by atoms with Crippen molar-refractivity contribution in [2.24, 2.45) is 9.98 Å². The van der Waals surface area contributed by atoms with Gasteiger partial charge in [-0.2, -0.15) is 13.2 Å². The van der Waals surface area contributed by atoms with Crippen molar-refractivity contribution in [3.8, 4) is 0 Å². The highest BCUT2D eigenvalue weighted by Crippen LogP contribution is 2.34. The van der Waals surface area contributed by atoms with Gasteiger partial charge in [0.05, 0.1) is 33.4 Å². The minimum Gasteiger partial charge on any atom is -0.325 e. The van der Waals surface area contributed by atoms with Crippen LogP contribution in [0.4, 0.5) is 34.6 Å². The van der Waals surface area contributed by atoms with Crippen molar-refractivity contribution < 1.29 is 22.4 Å². The first-order valence-corrected chi connectivity index (χ1v) is 10.9. The highest BCUT2D eigenvalue weighted by atomic mass is 32.2. The van der Waals surface area contributed by atoms with Gasteiger partial charge in [0.15, 0.2) is 0 Å². The van der Waals surface area contributed by atoms with Crippen LogP contribution in [0.15, 0.2) is 82.8 Å². The number of hydrogen-bond donors (Lipinski definition) is 1. The van der Waals surface area contributed by atoms with E-state index in [1.807, 2.05) is 18.2 Å². The first kappa shape index (κ1) is 22.7. The van der Waals surface area contributed by atoms with Gasteiger partial charge in [0.1, 0.15) is 5.82 Å². The molecule has 3 aromatic rings. The van der Waals surface area contributed by atoms with Gasteiger partial charge >= 0.3 is 6.18 Å². The number of halogens is 4. The second-order valence-electron chi connectivity index (χ2n) is 7.15. The summed E-state index contributed by atoms with van der Waals surface area (Å²) in [5.41, 5.74) is 1.92. The van der Waals surface area contributed by atoms with Crippen LogP contribution in [0.1, 0.15) is 17.5 Å². The average molecular weight is 471 g/mol.